The van der Waals surface area contributed by atoms with Crippen molar-refractivity contribution in [2.45, 2.75) is 45.2 Å². The van der Waals surface area contributed by atoms with Crippen molar-refractivity contribution in [3.05, 3.63) is 0 Å². The van der Waals surface area contributed by atoms with Gasteiger partial charge >= 0.3 is 6.03 Å². The molecule has 0 aromatic carbocycles. The Morgan fingerprint density at radius 3 is 2.61 bits per heavy atom. The van der Waals surface area contributed by atoms with E-state index in [2.05, 4.69) is 31.1 Å². The first-order chi connectivity index (χ1) is 8.54. The molecule has 3 N–H and O–H groups in total. The van der Waals surface area contributed by atoms with Crippen LogP contribution in [-0.2, 0) is 0 Å². The Kier molecular flexibility index (Phi) is 6.43. The van der Waals surface area contributed by atoms with Crippen LogP contribution in [0.3, 0.4) is 0 Å². The fourth-order valence-electron chi connectivity index (χ4n) is 2.28. The molecule has 5 nitrogen and oxygen atoms in total. The van der Waals surface area contributed by atoms with E-state index in [-0.39, 0.29) is 6.03 Å². The number of primary amides is 1. The van der Waals surface area contributed by atoms with Crippen molar-refractivity contribution in [3.63, 3.8) is 0 Å². The normalized spacial score (nSPS) is 19.2. The molecule has 0 radical (unpaired) electrons. The molecule has 1 rings (SSSR count). The first-order valence-electron chi connectivity index (χ1n) is 7.02. The number of nitrogens with two attached hydrogens (primary N) is 1. The van der Waals surface area contributed by atoms with Crippen LogP contribution in [-0.4, -0.2) is 61.1 Å². The van der Waals surface area contributed by atoms with E-state index < -0.39 is 0 Å². The van der Waals surface area contributed by atoms with Gasteiger partial charge in [-0.15, -0.1) is 0 Å². The predicted molar refractivity (Wildman–Crippen MR) is 74.6 cm³/mol. The summed E-state index contributed by atoms with van der Waals surface area (Å²) in [5.41, 5.74) is 5.26. The van der Waals surface area contributed by atoms with Gasteiger partial charge in [-0.3, -0.25) is 0 Å². The summed E-state index contributed by atoms with van der Waals surface area (Å²) < 4.78 is 0. The van der Waals surface area contributed by atoms with Gasteiger partial charge in [-0.2, -0.15) is 0 Å². The molecule has 1 atom stereocenters. The number of nitrogens with zero attached hydrogens (tertiary/aromatic N) is 2. The molecule has 0 aromatic heterocycles. The number of hydrogen-bond acceptors (Lipinski definition) is 3. The van der Waals surface area contributed by atoms with Crippen molar-refractivity contribution in [1.29, 1.82) is 0 Å². The number of hydrogen-bond donors (Lipinski definition) is 2. The third-order valence-corrected chi connectivity index (χ3v) is 4.05. The van der Waals surface area contributed by atoms with Gasteiger partial charge in [0.25, 0.3) is 0 Å². The monoisotopic (exact) mass is 256 g/mol. The second-order valence-corrected chi connectivity index (χ2v) is 5.29. The summed E-state index contributed by atoms with van der Waals surface area (Å²) in [6, 6.07) is 0.888. The van der Waals surface area contributed by atoms with Crippen molar-refractivity contribution in [1.82, 2.24) is 15.1 Å². The molecular formula is C13H28N4O. The van der Waals surface area contributed by atoms with Crippen LogP contribution in [0.1, 0.15) is 33.1 Å². The van der Waals surface area contributed by atoms with Crippen LogP contribution in [0.25, 0.3) is 0 Å². The second-order valence-electron chi connectivity index (χ2n) is 5.29. The predicted octanol–water partition coefficient (Wildman–Crippen LogP) is 0.849. The first kappa shape index (κ1) is 15.2. The lowest BCUT2D eigenvalue weighted by Gasteiger charge is -2.32. The Morgan fingerprint density at radius 2 is 2.11 bits per heavy atom. The third kappa shape index (κ3) is 4.82. The maximum Gasteiger partial charge on any atom is 0.314 e. The lowest BCUT2D eigenvalue weighted by molar-refractivity contribution is 0.182. The van der Waals surface area contributed by atoms with Crippen molar-refractivity contribution in [2.24, 2.45) is 5.73 Å². The van der Waals surface area contributed by atoms with Crippen molar-refractivity contribution in [2.75, 3.05) is 33.2 Å². The highest BCUT2D eigenvalue weighted by atomic mass is 16.2. The van der Waals surface area contributed by atoms with E-state index in [0.29, 0.717) is 12.1 Å². The zero-order chi connectivity index (χ0) is 13.5. The summed E-state index contributed by atoms with van der Waals surface area (Å²) in [5, 5.41) is 3.57. The summed E-state index contributed by atoms with van der Waals surface area (Å²) in [6.07, 6.45) is 3.21. The average molecular weight is 256 g/mol. The maximum atomic E-state index is 11.0. The molecule has 1 heterocycles. The lowest BCUT2D eigenvalue weighted by Crippen LogP contribution is -2.48. The number of carbonyl (C=O) groups excluding carboxylic acids is 1. The smallest absolute Gasteiger partial charge is 0.314 e. The molecule has 18 heavy (non-hydrogen) atoms. The van der Waals surface area contributed by atoms with E-state index in [9.17, 15) is 4.79 Å². The van der Waals surface area contributed by atoms with Crippen LogP contribution in [0.2, 0.25) is 0 Å². The molecule has 106 valence electrons. The van der Waals surface area contributed by atoms with Gasteiger partial charge in [0.2, 0.25) is 0 Å². The summed E-state index contributed by atoms with van der Waals surface area (Å²) in [4.78, 5) is 15.1. The Morgan fingerprint density at radius 1 is 1.50 bits per heavy atom. The number of rotatable bonds is 6. The maximum absolute atomic E-state index is 11.0. The number of likely N-dealkylation sites (N-methyl/N-ethyl adjacent to an activating group) is 1. The van der Waals surface area contributed by atoms with E-state index in [1.807, 2.05) is 0 Å². The molecule has 0 bridgehead atoms. The molecule has 1 saturated heterocycles. The van der Waals surface area contributed by atoms with Crippen LogP contribution in [0.4, 0.5) is 4.79 Å². The number of urea groups is 1. The molecule has 0 saturated carbocycles. The van der Waals surface area contributed by atoms with Gasteiger partial charge in [-0.05, 0) is 33.2 Å². The van der Waals surface area contributed by atoms with Gasteiger partial charge in [0.1, 0.15) is 0 Å². The minimum absolute atomic E-state index is 0.287. The lowest BCUT2D eigenvalue weighted by atomic mass is 10.1. The van der Waals surface area contributed by atoms with E-state index in [4.69, 9.17) is 5.73 Å². The van der Waals surface area contributed by atoms with E-state index >= 15 is 0 Å². The summed E-state index contributed by atoms with van der Waals surface area (Å²) in [6.45, 7) is 8.13. The average Bonchev–Trinajstić information content (AvgIpc) is 2.38. The largest absolute Gasteiger partial charge is 0.351 e. The molecule has 1 fully saturated rings. The summed E-state index contributed by atoms with van der Waals surface area (Å²) in [7, 11) is 2.17. The number of carbonyl (C=O) groups is 1. The zero-order valence-corrected chi connectivity index (χ0v) is 12.0. The van der Waals surface area contributed by atoms with Gasteiger partial charge in [0.05, 0.1) is 0 Å². The molecule has 1 aliphatic rings. The minimum atomic E-state index is -0.287. The minimum Gasteiger partial charge on any atom is -0.351 e. The fraction of sp³-hybridized carbons (Fsp3) is 0.923. The number of nitrogens with one attached hydrogen (secondary N) is 1. The number of piperidine rings is 1. The van der Waals surface area contributed by atoms with Gasteiger partial charge in [-0.1, -0.05) is 6.92 Å². The van der Waals surface area contributed by atoms with Crippen molar-refractivity contribution < 1.29 is 4.79 Å². The summed E-state index contributed by atoms with van der Waals surface area (Å²) in [5.74, 6) is 0. The Balaban J connectivity index is 2.13. The summed E-state index contributed by atoms with van der Waals surface area (Å²) >= 11 is 0. The molecule has 1 unspecified atom stereocenters. The van der Waals surface area contributed by atoms with Gasteiger partial charge in [-0.25, -0.2) is 4.79 Å². The molecule has 1 aliphatic heterocycles. The highest BCUT2D eigenvalue weighted by Gasteiger charge is 2.20. The molecule has 0 aromatic rings. The molecule has 0 aliphatic carbocycles. The Labute approximate surface area is 111 Å². The molecule has 2 amide bonds. The van der Waals surface area contributed by atoms with E-state index in [0.717, 1.165) is 39.0 Å². The number of likely N-dealkylation sites (tertiary alicyclic amines) is 1. The topological polar surface area (TPSA) is 61.6 Å². The standard InChI is InChI=1S/C13H28N4O/c1-4-11(2)16(3)10-7-15-12-5-8-17(9-6-12)13(14)18/h11-12,15H,4-10H2,1-3H3,(H2,14,18). The van der Waals surface area contributed by atoms with E-state index in [1.165, 1.54) is 6.42 Å². The van der Waals surface area contributed by atoms with Crippen LogP contribution < -0.4 is 11.1 Å². The van der Waals surface area contributed by atoms with Crippen LogP contribution >= 0.6 is 0 Å². The highest BCUT2D eigenvalue weighted by Crippen LogP contribution is 2.09. The Hall–Kier alpha value is -0.810. The molecular weight excluding hydrogens is 228 g/mol. The van der Waals surface area contributed by atoms with Crippen LogP contribution in [0.5, 0.6) is 0 Å². The first-order valence-corrected chi connectivity index (χ1v) is 7.02. The van der Waals surface area contributed by atoms with Gasteiger partial charge in [0.15, 0.2) is 0 Å². The third-order valence-electron chi connectivity index (χ3n) is 4.05. The van der Waals surface area contributed by atoms with Crippen molar-refractivity contribution >= 4 is 6.03 Å². The van der Waals surface area contributed by atoms with Crippen LogP contribution in [0, 0.1) is 0 Å². The number of amides is 2. The van der Waals surface area contributed by atoms with E-state index in [1.54, 1.807) is 4.90 Å². The van der Waals surface area contributed by atoms with Gasteiger partial charge in [0, 0.05) is 38.3 Å². The van der Waals surface area contributed by atoms with Crippen molar-refractivity contribution in [3.8, 4) is 0 Å². The SMILES string of the molecule is CCC(C)N(C)CCNC1CCN(C(N)=O)CC1. The fourth-order valence-corrected chi connectivity index (χ4v) is 2.28. The zero-order valence-electron chi connectivity index (χ0n) is 12.0. The van der Waals surface area contributed by atoms with Gasteiger partial charge < -0.3 is 20.9 Å². The second kappa shape index (κ2) is 7.59. The van der Waals surface area contributed by atoms with Crippen LogP contribution in [0.15, 0.2) is 0 Å². The highest BCUT2D eigenvalue weighted by molar-refractivity contribution is 5.72. The quantitative estimate of drug-likeness (QED) is 0.740. The Bertz CT molecular complexity index is 251. The molecule has 0 spiro atoms. The molecule has 5 heteroatoms.